The molecule has 0 spiro atoms. The summed E-state index contributed by atoms with van der Waals surface area (Å²) in [5.74, 6) is -0.252. The number of ether oxygens (including phenoxy) is 1. The van der Waals surface area contributed by atoms with Gasteiger partial charge in [-0.25, -0.2) is 9.37 Å². The van der Waals surface area contributed by atoms with Crippen molar-refractivity contribution < 1.29 is 13.9 Å². The molecule has 7 heteroatoms. The topological polar surface area (TPSA) is 67.3 Å². The molecule has 0 radical (unpaired) electrons. The second-order valence-corrected chi connectivity index (χ2v) is 4.45. The largest absolute Gasteiger partial charge is 0.467 e. The van der Waals surface area contributed by atoms with Crippen LogP contribution in [0.4, 0.5) is 15.9 Å². The van der Waals surface area contributed by atoms with E-state index in [1.54, 1.807) is 19.0 Å². The Hall–Kier alpha value is -2.70. The zero-order valence-corrected chi connectivity index (χ0v) is 11.9. The Bertz CT molecular complexity index is 644. The minimum Gasteiger partial charge on any atom is -0.467 e. The van der Waals surface area contributed by atoms with Gasteiger partial charge >= 0.3 is 6.01 Å². The number of hydrogen-bond acceptors (Lipinski definition) is 5. The van der Waals surface area contributed by atoms with E-state index < -0.39 is 5.82 Å². The molecule has 1 aromatic carbocycles. The fraction of sp³-hybridized carbons (Fsp3) is 0.214. The van der Waals surface area contributed by atoms with Crippen LogP contribution in [0.5, 0.6) is 6.01 Å². The molecule has 0 saturated heterocycles. The highest BCUT2D eigenvalue weighted by atomic mass is 19.1. The number of nitrogens with zero attached hydrogens (tertiary/aromatic N) is 3. The van der Waals surface area contributed by atoms with Crippen molar-refractivity contribution >= 4 is 17.4 Å². The Kier molecular flexibility index (Phi) is 4.32. The van der Waals surface area contributed by atoms with Crippen molar-refractivity contribution in [3.63, 3.8) is 0 Å². The van der Waals surface area contributed by atoms with Gasteiger partial charge in [0.2, 0.25) is 0 Å². The molecule has 2 rings (SSSR count). The first-order valence-electron chi connectivity index (χ1n) is 6.16. The lowest BCUT2D eigenvalue weighted by atomic mass is 10.2. The molecule has 0 aliphatic carbocycles. The predicted molar refractivity (Wildman–Crippen MR) is 77.3 cm³/mol. The summed E-state index contributed by atoms with van der Waals surface area (Å²) >= 11 is 0. The standard InChI is InChI=1S/C14H15FN4O2/c1-19(2)12-11(8-16-14(18-12)21-3)17-13(20)9-4-6-10(15)7-5-9/h4-8H,1-3H3,(H,17,20). The van der Waals surface area contributed by atoms with Crippen LogP contribution in [0.25, 0.3) is 0 Å². The molecule has 0 saturated carbocycles. The molecular weight excluding hydrogens is 275 g/mol. The molecule has 1 aromatic heterocycles. The fourth-order valence-corrected chi connectivity index (χ4v) is 1.68. The van der Waals surface area contributed by atoms with Crippen LogP contribution in [-0.4, -0.2) is 37.1 Å². The van der Waals surface area contributed by atoms with E-state index >= 15 is 0 Å². The second kappa shape index (κ2) is 6.17. The number of carbonyl (C=O) groups is 1. The molecule has 0 aliphatic heterocycles. The van der Waals surface area contributed by atoms with Crippen molar-refractivity contribution in [2.45, 2.75) is 0 Å². The molecular formula is C14H15FN4O2. The van der Waals surface area contributed by atoms with Crippen LogP contribution in [0, 0.1) is 5.82 Å². The number of hydrogen-bond donors (Lipinski definition) is 1. The zero-order valence-electron chi connectivity index (χ0n) is 11.9. The van der Waals surface area contributed by atoms with Crippen LogP contribution in [0.15, 0.2) is 30.5 Å². The van der Waals surface area contributed by atoms with Gasteiger partial charge in [0.05, 0.1) is 13.3 Å². The smallest absolute Gasteiger partial charge is 0.318 e. The maximum absolute atomic E-state index is 12.9. The number of benzene rings is 1. The summed E-state index contributed by atoms with van der Waals surface area (Å²) in [4.78, 5) is 22.0. The number of methoxy groups -OCH3 is 1. The molecule has 0 aliphatic rings. The monoisotopic (exact) mass is 290 g/mol. The van der Waals surface area contributed by atoms with Crippen molar-refractivity contribution in [1.82, 2.24) is 9.97 Å². The van der Waals surface area contributed by atoms with E-state index in [0.717, 1.165) is 0 Å². The van der Waals surface area contributed by atoms with E-state index in [1.165, 1.54) is 37.6 Å². The van der Waals surface area contributed by atoms with Crippen molar-refractivity contribution in [3.05, 3.63) is 41.8 Å². The Balaban J connectivity index is 2.26. The summed E-state index contributed by atoms with van der Waals surface area (Å²) in [5, 5.41) is 2.70. The van der Waals surface area contributed by atoms with Crippen LogP contribution in [-0.2, 0) is 0 Å². The van der Waals surface area contributed by atoms with Gasteiger partial charge in [0.1, 0.15) is 11.5 Å². The van der Waals surface area contributed by atoms with Gasteiger partial charge in [0.25, 0.3) is 5.91 Å². The molecule has 110 valence electrons. The van der Waals surface area contributed by atoms with E-state index in [-0.39, 0.29) is 11.9 Å². The van der Waals surface area contributed by atoms with Gasteiger partial charge in [-0.3, -0.25) is 4.79 Å². The minimum atomic E-state index is -0.395. The number of anilines is 2. The summed E-state index contributed by atoms with van der Waals surface area (Å²) < 4.78 is 17.8. The van der Waals surface area contributed by atoms with Gasteiger partial charge in [0.15, 0.2) is 5.82 Å². The molecule has 2 aromatic rings. The summed E-state index contributed by atoms with van der Waals surface area (Å²) in [5.41, 5.74) is 0.784. The number of halogens is 1. The quantitative estimate of drug-likeness (QED) is 0.932. The van der Waals surface area contributed by atoms with Gasteiger partial charge in [-0.05, 0) is 24.3 Å². The van der Waals surface area contributed by atoms with E-state index in [0.29, 0.717) is 17.1 Å². The highest BCUT2D eigenvalue weighted by Crippen LogP contribution is 2.23. The average molecular weight is 290 g/mol. The highest BCUT2D eigenvalue weighted by molar-refractivity contribution is 6.05. The molecule has 1 N–H and O–H groups in total. The number of nitrogens with one attached hydrogen (secondary N) is 1. The Labute approximate surface area is 121 Å². The van der Waals surface area contributed by atoms with E-state index in [9.17, 15) is 9.18 Å². The normalized spacial score (nSPS) is 10.1. The second-order valence-electron chi connectivity index (χ2n) is 4.45. The zero-order chi connectivity index (χ0) is 15.4. The first-order chi connectivity index (χ1) is 10.0. The highest BCUT2D eigenvalue weighted by Gasteiger charge is 2.13. The lowest BCUT2D eigenvalue weighted by Gasteiger charge is -2.16. The van der Waals surface area contributed by atoms with Crippen LogP contribution in [0.3, 0.4) is 0 Å². The maximum atomic E-state index is 12.9. The fourth-order valence-electron chi connectivity index (χ4n) is 1.68. The number of aromatic nitrogens is 2. The first-order valence-corrected chi connectivity index (χ1v) is 6.16. The van der Waals surface area contributed by atoms with Crippen LogP contribution in [0.2, 0.25) is 0 Å². The summed E-state index contributed by atoms with van der Waals surface area (Å²) in [6, 6.07) is 5.48. The molecule has 0 unspecified atom stereocenters. The van der Waals surface area contributed by atoms with E-state index in [2.05, 4.69) is 15.3 Å². The summed E-state index contributed by atoms with van der Waals surface area (Å²) in [6.45, 7) is 0. The van der Waals surface area contributed by atoms with Crippen molar-refractivity contribution in [2.24, 2.45) is 0 Å². The number of carbonyl (C=O) groups excluding carboxylic acids is 1. The van der Waals surface area contributed by atoms with Crippen molar-refractivity contribution in [1.29, 1.82) is 0 Å². The predicted octanol–water partition coefficient (Wildman–Crippen LogP) is 1.94. The molecule has 6 nitrogen and oxygen atoms in total. The van der Waals surface area contributed by atoms with Crippen molar-refractivity contribution in [2.75, 3.05) is 31.4 Å². The Morgan fingerprint density at radius 1 is 1.29 bits per heavy atom. The van der Waals surface area contributed by atoms with Gasteiger partial charge in [0, 0.05) is 19.7 Å². The maximum Gasteiger partial charge on any atom is 0.318 e. The van der Waals surface area contributed by atoms with Crippen LogP contribution in [0.1, 0.15) is 10.4 Å². The van der Waals surface area contributed by atoms with Crippen LogP contribution >= 0.6 is 0 Å². The van der Waals surface area contributed by atoms with E-state index in [4.69, 9.17) is 4.74 Å². The molecule has 1 heterocycles. The minimum absolute atomic E-state index is 0.207. The lowest BCUT2D eigenvalue weighted by molar-refractivity contribution is 0.102. The third-order valence-electron chi connectivity index (χ3n) is 2.71. The Morgan fingerprint density at radius 3 is 2.52 bits per heavy atom. The van der Waals surface area contributed by atoms with Gasteiger partial charge < -0.3 is 15.0 Å². The van der Waals surface area contributed by atoms with Gasteiger partial charge in [-0.15, -0.1) is 0 Å². The van der Waals surface area contributed by atoms with E-state index in [1.807, 2.05) is 0 Å². The first kappa shape index (κ1) is 14.7. The van der Waals surface area contributed by atoms with Gasteiger partial charge in [-0.2, -0.15) is 4.98 Å². The molecule has 0 fully saturated rings. The van der Waals surface area contributed by atoms with Gasteiger partial charge in [-0.1, -0.05) is 0 Å². The third kappa shape index (κ3) is 3.44. The molecule has 21 heavy (non-hydrogen) atoms. The molecule has 0 bridgehead atoms. The Morgan fingerprint density at radius 2 is 1.95 bits per heavy atom. The SMILES string of the molecule is COc1ncc(NC(=O)c2ccc(F)cc2)c(N(C)C)n1. The number of amides is 1. The number of rotatable bonds is 4. The van der Waals surface area contributed by atoms with Crippen molar-refractivity contribution in [3.8, 4) is 6.01 Å². The molecule has 1 amide bonds. The lowest BCUT2D eigenvalue weighted by Crippen LogP contribution is -2.18. The summed E-state index contributed by atoms with van der Waals surface area (Å²) in [7, 11) is 5.04. The summed E-state index contributed by atoms with van der Waals surface area (Å²) in [6.07, 6.45) is 1.46. The average Bonchev–Trinajstić information content (AvgIpc) is 2.48. The van der Waals surface area contributed by atoms with Crippen LogP contribution < -0.4 is 15.0 Å². The third-order valence-corrected chi connectivity index (χ3v) is 2.71. The molecule has 0 atom stereocenters.